The number of aryl methyl sites for hydroxylation is 2. The van der Waals surface area contributed by atoms with Crippen LogP contribution in [0.2, 0.25) is 0 Å². The van der Waals surface area contributed by atoms with Gasteiger partial charge in [0.1, 0.15) is 5.75 Å². The normalized spacial score (nSPS) is 10.4. The Morgan fingerprint density at radius 3 is 2.37 bits per heavy atom. The van der Waals surface area contributed by atoms with E-state index in [9.17, 15) is 9.59 Å². The quantitative estimate of drug-likeness (QED) is 0.668. The van der Waals surface area contributed by atoms with Gasteiger partial charge in [0.2, 0.25) is 0 Å². The molecule has 0 saturated carbocycles. The van der Waals surface area contributed by atoms with Crippen LogP contribution in [0.4, 0.5) is 0 Å². The Hall–Kier alpha value is -2.82. The van der Waals surface area contributed by atoms with Crippen molar-refractivity contribution in [2.75, 3.05) is 20.3 Å². The molecule has 0 aliphatic rings. The van der Waals surface area contributed by atoms with Gasteiger partial charge in [0, 0.05) is 13.1 Å². The monoisotopic (exact) mass is 369 g/mol. The molecule has 2 aromatic rings. The summed E-state index contributed by atoms with van der Waals surface area (Å²) in [6.45, 7) is 6.63. The first-order valence-electron chi connectivity index (χ1n) is 9.00. The topological polar surface area (TPSA) is 55.8 Å². The van der Waals surface area contributed by atoms with Crippen LogP contribution in [0.15, 0.2) is 42.5 Å². The van der Waals surface area contributed by atoms with Crippen molar-refractivity contribution in [2.45, 2.75) is 33.7 Å². The maximum atomic E-state index is 12.7. The molecule has 0 aliphatic heterocycles. The van der Waals surface area contributed by atoms with Crippen molar-refractivity contribution in [1.82, 2.24) is 4.90 Å². The molecule has 0 bridgehead atoms. The molecule has 0 heterocycles. The van der Waals surface area contributed by atoms with Crippen LogP contribution in [0.25, 0.3) is 0 Å². The highest BCUT2D eigenvalue weighted by molar-refractivity contribution is 5.78. The Kier molecular flexibility index (Phi) is 7.41. The molecule has 0 N–H and O–H groups in total. The third-order valence-corrected chi connectivity index (χ3v) is 4.57. The molecular formula is C22H27NO4. The van der Waals surface area contributed by atoms with Crippen molar-refractivity contribution in [2.24, 2.45) is 0 Å². The molecule has 2 rings (SSSR count). The van der Waals surface area contributed by atoms with Crippen molar-refractivity contribution in [3.05, 3.63) is 64.7 Å². The van der Waals surface area contributed by atoms with Gasteiger partial charge in [-0.1, -0.05) is 42.0 Å². The molecule has 0 unspecified atom stereocenters. The van der Waals surface area contributed by atoms with E-state index in [1.165, 1.54) is 7.11 Å². The highest BCUT2D eigenvalue weighted by Crippen LogP contribution is 2.20. The number of hydrogen-bond acceptors (Lipinski definition) is 4. The number of rotatable bonds is 8. The second-order valence-corrected chi connectivity index (χ2v) is 6.61. The highest BCUT2D eigenvalue weighted by atomic mass is 16.5. The third kappa shape index (κ3) is 6.13. The number of hydrogen-bond donors (Lipinski definition) is 0. The van der Waals surface area contributed by atoms with Crippen molar-refractivity contribution >= 4 is 11.9 Å². The molecule has 27 heavy (non-hydrogen) atoms. The Bertz CT molecular complexity index is 783. The van der Waals surface area contributed by atoms with Gasteiger partial charge in [0.15, 0.2) is 6.61 Å². The minimum absolute atomic E-state index is 0.0721. The van der Waals surface area contributed by atoms with Gasteiger partial charge in [-0.3, -0.25) is 9.59 Å². The molecule has 0 fully saturated rings. The van der Waals surface area contributed by atoms with Crippen molar-refractivity contribution in [1.29, 1.82) is 0 Å². The van der Waals surface area contributed by atoms with Gasteiger partial charge in [-0.15, -0.1) is 0 Å². The van der Waals surface area contributed by atoms with Crippen LogP contribution >= 0.6 is 0 Å². The van der Waals surface area contributed by atoms with Crippen LogP contribution in [-0.4, -0.2) is 37.0 Å². The van der Waals surface area contributed by atoms with Crippen molar-refractivity contribution < 1.29 is 19.1 Å². The number of ether oxygens (including phenoxy) is 2. The lowest BCUT2D eigenvalue weighted by molar-refractivity contribution is -0.142. The van der Waals surface area contributed by atoms with Crippen LogP contribution in [0.5, 0.6) is 5.75 Å². The van der Waals surface area contributed by atoms with Crippen molar-refractivity contribution in [3.63, 3.8) is 0 Å². The Morgan fingerprint density at radius 1 is 1.00 bits per heavy atom. The van der Waals surface area contributed by atoms with E-state index in [1.54, 1.807) is 4.90 Å². The van der Waals surface area contributed by atoms with Gasteiger partial charge in [-0.2, -0.15) is 0 Å². The van der Waals surface area contributed by atoms with Gasteiger partial charge in [0.25, 0.3) is 5.91 Å². The summed E-state index contributed by atoms with van der Waals surface area (Å²) in [4.78, 5) is 25.9. The summed E-state index contributed by atoms with van der Waals surface area (Å²) in [5.41, 5.74) is 4.29. The zero-order chi connectivity index (χ0) is 19.8. The van der Waals surface area contributed by atoms with Crippen LogP contribution < -0.4 is 4.74 Å². The molecule has 5 heteroatoms. The van der Waals surface area contributed by atoms with Crippen LogP contribution in [0, 0.1) is 20.8 Å². The lowest BCUT2D eigenvalue weighted by Gasteiger charge is -2.23. The van der Waals surface area contributed by atoms with E-state index in [2.05, 4.69) is 0 Å². The highest BCUT2D eigenvalue weighted by Gasteiger charge is 2.17. The third-order valence-electron chi connectivity index (χ3n) is 4.57. The molecule has 0 aliphatic carbocycles. The van der Waals surface area contributed by atoms with E-state index in [0.717, 1.165) is 22.3 Å². The average molecular weight is 369 g/mol. The summed E-state index contributed by atoms with van der Waals surface area (Å²) in [7, 11) is 1.35. The van der Waals surface area contributed by atoms with Crippen LogP contribution in [0.1, 0.15) is 28.7 Å². The SMILES string of the molecule is COC(=O)CCN(Cc1ccc(C)cc1)C(=O)COc1cccc(C)c1C. The molecule has 144 valence electrons. The molecule has 0 saturated heterocycles. The molecule has 0 atom stereocenters. The van der Waals surface area contributed by atoms with Gasteiger partial charge >= 0.3 is 5.97 Å². The molecular weight excluding hydrogens is 342 g/mol. The van der Waals surface area contributed by atoms with Gasteiger partial charge in [-0.05, 0) is 43.5 Å². The molecule has 0 spiro atoms. The minimum Gasteiger partial charge on any atom is -0.483 e. The number of amides is 1. The van der Waals surface area contributed by atoms with Crippen LogP contribution in [0.3, 0.4) is 0 Å². The van der Waals surface area contributed by atoms with E-state index in [-0.39, 0.29) is 31.4 Å². The van der Waals surface area contributed by atoms with Gasteiger partial charge in [-0.25, -0.2) is 0 Å². The van der Waals surface area contributed by atoms with Crippen LogP contribution in [-0.2, 0) is 20.9 Å². The Labute approximate surface area is 160 Å². The zero-order valence-corrected chi connectivity index (χ0v) is 16.5. The molecule has 1 amide bonds. The predicted octanol–water partition coefficient (Wildman–Crippen LogP) is 3.58. The maximum Gasteiger partial charge on any atom is 0.307 e. The largest absolute Gasteiger partial charge is 0.483 e. The molecule has 5 nitrogen and oxygen atoms in total. The minimum atomic E-state index is -0.341. The lowest BCUT2D eigenvalue weighted by atomic mass is 10.1. The van der Waals surface area contributed by atoms with E-state index in [4.69, 9.17) is 9.47 Å². The fraction of sp³-hybridized carbons (Fsp3) is 0.364. The first-order chi connectivity index (χ1) is 12.9. The Morgan fingerprint density at radius 2 is 1.70 bits per heavy atom. The number of benzene rings is 2. The lowest BCUT2D eigenvalue weighted by Crippen LogP contribution is -2.36. The van der Waals surface area contributed by atoms with Gasteiger partial charge in [0.05, 0.1) is 13.5 Å². The van der Waals surface area contributed by atoms with E-state index in [1.807, 2.05) is 63.2 Å². The fourth-order valence-electron chi connectivity index (χ4n) is 2.65. The molecule has 0 radical (unpaired) electrons. The van der Waals surface area contributed by atoms with E-state index < -0.39 is 0 Å². The molecule has 2 aromatic carbocycles. The predicted molar refractivity (Wildman–Crippen MR) is 105 cm³/mol. The summed E-state index contributed by atoms with van der Waals surface area (Å²) in [5, 5.41) is 0. The summed E-state index contributed by atoms with van der Waals surface area (Å²) in [5.74, 6) is 0.194. The van der Waals surface area contributed by atoms with E-state index in [0.29, 0.717) is 12.3 Å². The summed E-state index contributed by atoms with van der Waals surface area (Å²) < 4.78 is 10.4. The number of carbonyl (C=O) groups is 2. The number of nitrogens with zero attached hydrogens (tertiary/aromatic N) is 1. The average Bonchev–Trinajstić information content (AvgIpc) is 2.67. The summed E-state index contributed by atoms with van der Waals surface area (Å²) >= 11 is 0. The fourth-order valence-corrected chi connectivity index (χ4v) is 2.65. The van der Waals surface area contributed by atoms with E-state index >= 15 is 0 Å². The second kappa shape index (κ2) is 9.76. The number of esters is 1. The zero-order valence-electron chi connectivity index (χ0n) is 16.5. The summed E-state index contributed by atoms with van der Waals surface area (Å²) in [6.07, 6.45) is 0.150. The first-order valence-corrected chi connectivity index (χ1v) is 9.00. The standard InChI is InChI=1S/C22H27NO4/c1-16-8-10-19(11-9-16)14-23(13-12-22(25)26-4)21(24)15-27-20-7-5-6-17(2)18(20)3/h5-11H,12-15H2,1-4H3. The maximum absolute atomic E-state index is 12.7. The summed E-state index contributed by atoms with van der Waals surface area (Å²) in [6, 6.07) is 13.7. The number of carbonyl (C=O) groups excluding carboxylic acids is 2. The second-order valence-electron chi connectivity index (χ2n) is 6.61. The Balaban J connectivity index is 2.05. The smallest absolute Gasteiger partial charge is 0.307 e. The van der Waals surface area contributed by atoms with Crippen molar-refractivity contribution in [3.8, 4) is 5.75 Å². The van der Waals surface area contributed by atoms with Gasteiger partial charge < -0.3 is 14.4 Å². The molecule has 0 aromatic heterocycles. The number of methoxy groups -OCH3 is 1. The first kappa shape index (κ1) is 20.5.